The first-order valence-electron chi connectivity index (χ1n) is 12.1. The molecule has 9 heteroatoms. The lowest BCUT2D eigenvalue weighted by Gasteiger charge is -2.45. The molecule has 0 spiro atoms. The number of fused-ring (bicyclic) bond motifs is 3. The topological polar surface area (TPSA) is 73.0 Å². The van der Waals surface area contributed by atoms with Crippen molar-refractivity contribution in [3.63, 3.8) is 0 Å². The molecule has 2 aromatic rings. The van der Waals surface area contributed by atoms with Crippen LogP contribution in [0.4, 0.5) is 15.8 Å². The van der Waals surface area contributed by atoms with Crippen LogP contribution in [-0.4, -0.2) is 54.8 Å². The standard InChI is InChI=1S/C26H28ClFN4O3/c27-20-14-19(28)8-6-18(20)15-29-24(33)16-32-23-13-17(25(34)30-10-3-4-11-30)7-9-21(23)31-12-2-1-5-22(31)26(32)35/h6-9,13-14,22H,1-5,10-12,15-16H2,(H,29,33). The largest absolute Gasteiger partial charge is 0.358 e. The Morgan fingerprint density at radius 3 is 2.54 bits per heavy atom. The first-order chi connectivity index (χ1) is 16.9. The van der Waals surface area contributed by atoms with E-state index in [4.69, 9.17) is 11.6 Å². The van der Waals surface area contributed by atoms with Gasteiger partial charge in [0.15, 0.2) is 0 Å². The number of piperidine rings is 1. The van der Waals surface area contributed by atoms with Crippen molar-refractivity contribution in [1.82, 2.24) is 10.2 Å². The van der Waals surface area contributed by atoms with Crippen molar-refractivity contribution in [3.8, 4) is 0 Å². The van der Waals surface area contributed by atoms with Gasteiger partial charge in [-0.15, -0.1) is 0 Å². The number of hydrogen-bond donors (Lipinski definition) is 1. The summed E-state index contributed by atoms with van der Waals surface area (Å²) in [5.74, 6) is -0.978. The maximum absolute atomic E-state index is 13.5. The van der Waals surface area contributed by atoms with E-state index in [0.29, 0.717) is 16.8 Å². The van der Waals surface area contributed by atoms with E-state index in [9.17, 15) is 18.8 Å². The summed E-state index contributed by atoms with van der Waals surface area (Å²) in [6, 6.07) is 9.19. The highest BCUT2D eigenvalue weighted by atomic mass is 35.5. The average Bonchev–Trinajstić information content (AvgIpc) is 3.40. The van der Waals surface area contributed by atoms with Crippen LogP contribution in [0.5, 0.6) is 0 Å². The summed E-state index contributed by atoms with van der Waals surface area (Å²) in [4.78, 5) is 44.9. The van der Waals surface area contributed by atoms with Gasteiger partial charge in [0.05, 0.1) is 11.4 Å². The van der Waals surface area contributed by atoms with E-state index in [-0.39, 0.29) is 41.9 Å². The lowest BCUT2D eigenvalue weighted by molar-refractivity contribution is -0.125. The van der Waals surface area contributed by atoms with Crippen LogP contribution in [0.25, 0.3) is 0 Å². The van der Waals surface area contributed by atoms with E-state index in [0.717, 1.165) is 57.4 Å². The number of anilines is 2. The Labute approximate surface area is 208 Å². The minimum Gasteiger partial charge on any atom is -0.358 e. The van der Waals surface area contributed by atoms with Gasteiger partial charge in [-0.3, -0.25) is 19.3 Å². The fraction of sp³-hybridized carbons (Fsp3) is 0.423. The molecule has 0 aromatic heterocycles. The van der Waals surface area contributed by atoms with Crippen LogP contribution in [0, 0.1) is 5.82 Å². The molecule has 3 heterocycles. The van der Waals surface area contributed by atoms with E-state index in [2.05, 4.69) is 10.2 Å². The summed E-state index contributed by atoms with van der Waals surface area (Å²) in [5.41, 5.74) is 2.58. The normalized spacial score (nSPS) is 19.4. The Bertz CT molecular complexity index is 1170. The van der Waals surface area contributed by atoms with Gasteiger partial charge in [-0.2, -0.15) is 0 Å². The van der Waals surface area contributed by atoms with Gasteiger partial charge >= 0.3 is 0 Å². The minimum absolute atomic E-state index is 0.0473. The lowest BCUT2D eigenvalue weighted by atomic mass is 9.95. The monoisotopic (exact) mass is 498 g/mol. The van der Waals surface area contributed by atoms with Crippen molar-refractivity contribution in [2.24, 2.45) is 0 Å². The number of rotatable bonds is 5. The number of halogens is 2. The molecule has 3 aliphatic heterocycles. The Hall–Kier alpha value is -3.13. The Morgan fingerprint density at radius 2 is 1.77 bits per heavy atom. The molecule has 1 unspecified atom stereocenters. The molecule has 0 aliphatic carbocycles. The second-order valence-electron chi connectivity index (χ2n) is 9.34. The van der Waals surface area contributed by atoms with Gasteiger partial charge in [0.25, 0.3) is 5.91 Å². The van der Waals surface area contributed by atoms with Gasteiger partial charge in [-0.05, 0) is 68.0 Å². The van der Waals surface area contributed by atoms with Gasteiger partial charge in [-0.25, -0.2) is 4.39 Å². The molecule has 5 rings (SSSR count). The molecule has 3 aliphatic rings. The van der Waals surface area contributed by atoms with Crippen LogP contribution in [0.3, 0.4) is 0 Å². The number of nitrogens with one attached hydrogen (secondary N) is 1. The van der Waals surface area contributed by atoms with E-state index >= 15 is 0 Å². The molecule has 2 fully saturated rings. The molecular formula is C26H28ClFN4O3. The molecular weight excluding hydrogens is 471 g/mol. The fourth-order valence-electron chi connectivity index (χ4n) is 5.22. The summed E-state index contributed by atoms with van der Waals surface area (Å²) < 4.78 is 13.3. The number of amides is 3. The third-order valence-corrected chi connectivity index (χ3v) is 7.41. The smallest absolute Gasteiger partial charge is 0.253 e. The highest BCUT2D eigenvalue weighted by Gasteiger charge is 2.40. The quantitative estimate of drug-likeness (QED) is 0.681. The van der Waals surface area contributed by atoms with Crippen molar-refractivity contribution in [2.75, 3.05) is 36.0 Å². The maximum Gasteiger partial charge on any atom is 0.253 e. The highest BCUT2D eigenvalue weighted by molar-refractivity contribution is 6.31. The SMILES string of the molecule is O=C(CN1C(=O)C2CCCCN2c2ccc(C(=O)N3CCCC3)cc21)NCc1ccc(F)cc1Cl. The Morgan fingerprint density at radius 1 is 1.00 bits per heavy atom. The summed E-state index contributed by atoms with van der Waals surface area (Å²) in [6.45, 7) is 2.19. The van der Waals surface area contributed by atoms with Gasteiger partial charge in [-0.1, -0.05) is 17.7 Å². The molecule has 2 saturated heterocycles. The van der Waals surface area contributed by atoms with Crippen LogP contribution in [-0.2, 0) is 16.1 Å². The molecule has 0 radical (unpaired) electrons. The number of likely N-dealkylation sites (tertiary alicyclic amines) is 1. The van der Waals surface area contributed by atoms with Crippen LogP contribution < -0.4 is 15.1 Å². The van der Waals surface area contributed by atoms with Crippen molar-refractivity contribution >= 4 is 40.7 Å². The first-order valence-corrected chi connectivity index (χ1v) is 12.5. The van der Waals surface area contributed by atoms with Gasteiger partial charge in [0.1, 0.15) is 18.4 Å². The third-order valence-electron chi connectivity index (χ3n) is 7.06. The minimum atomic E-state index is -0.447. The number of carbonyl (C=O) groups excluding carboxylic acids is 3. The molecule has 184 valence electrons. The molecule has 35 heavy (non-hydrogen) atoms. The number of nitrogens with zero attached hydrogens (tertiary/aromatic N) is 3. The Balaban J connectivity index is 1.39. The average molecular weight is 499 g/mol. The molecule has 0 bridgehead atoms. The zero-order valence-corrected chi connectivity index (χ0v) is 20.2. The van der Waals surface area contributed by atoms with Gasteiger partial charge in [0.2, 0.25) is 11.8 Å². The van der Waals surface area contributed by atoms with Crippen LogP contribution in [0.1, 0.15) is 48.0 Å². The molecule has 1 atom stereocenters. The summed E-state index contributed by atoms with van der Waals surface area (Å²) >= 11 is 6.07. The number of hydrogen-bond acceptors (Lipinski definition) is 4. The van der Waals surface area contributed by atoms with Gasteiger partial charge < -0.3 is 15.1 Å². The molecule has 2 aromatic carbocycles. The highest BCUT2D eigenvalue weighted by Crippen LogP contribution is 2.40. The Kier molecular flexibility index (Phi) is 6.65. The lowest BCUT2D eigenvalue weighted by Crippen LogP contribution is -2.57. The number of benzene rings is 2. The summed E-state index contributed by atoms with van der Waals surface area (Å²) in [7, 11) is 0. The van der Waals surface area contributed by atoms with E-state index in [1.165, 1.54) is 23.1 Å². The van der Waals surface area contributed by atoms with E-state index in [1.54, 1.807) is 6.07 Å². The zero-order chi connectivity index (χ0) is 24.5. The molecule has 3 amide bonds. The van der Waals surface area contributed by atoms with Crippen LogP contribution in [0.15, 0.2) is 36.4 Å². The predicted molar refractivity (Wildman–Crippen MR) is 132 cm³/mol. The van der Waals surface area contributed by atoms with Crippen molar-refractivity contribution in [1.29, 1.82) is 0 Å². The summed E-state index contributed by atoms with van der Waals surface area (Å²) in [6.07, 6.45) is 4.67. The molecule has 1 N–H and O–H groups in total. The van der Waals surface area contributed by atoms with Crippen LogP contribution in [0.2, 0.25) is 5.02 Å². The third kappa shape index (κ3) is 4.72. The van der Waals surface area contributed by atoms with Crippen molar-refractivity contribution < 1.29 is 18.8 Å². The first kappa shape index (κ1) is 23.6. The van der Waals surface area contributed by atoms with Gasteiger partial charge in [0, 0.05) is 36.8 Å². The second kappa shape index (κ2) is 9.85. The fourth-order valence-corrected chi connectivity index (χ4v) is 5.45. The van der Waals surface area contributed by atoms with E-state index < -0.39 is 5.82 Å². The zero-order valence-electron chi connectivity index (χ0n) is 19.4. The summed E-state index contributed by atoms with van der Waals surface area (Å²) in [5, 5.41) is 3.01. The van der Waals surface area contributed by atoms with Crippen molar-refractivity contribution in [2.45, 2.75) is 44.7 Å². The predicted octanol–water partition coefficient (Wildman–Crippen LogP) is 3.74. The van der Waals surface area contributed by atoms with Crippen molar-refractivity contribution in [3.05, 3.63) is 58.4 Å². The van der Waals surface area contributed by atoms with E-state index in [1.807, 2.05) is 17.0 Å². The molecule has 0 saturated carbocycles. The number of carbonyl (C=O) groups is 3. The molecule has 7 nitrogen and oxygen atoms in total. The van der Waals surface area contributed by atoms with Crippen LogP contribution >= 0.6 is 11.6 Å². The maximum atomic E-state index is 13.5. The second-order valence-corrected chi connectivity index (χ2v) is 9.75.